The summed E-state index contributed by atoms with van der Waals surface area (Å²) in [7, 11) is 3.20. The highest BCUT2D eigenvalue weighted by molar-refractivity contribution is 5.94. The van der Waals surface area contributed by atoms with Gasteiger partial charge in [-0.05, 0) is 53.6 Å². The first-order valence-corrected chi connectivity index (χ1v) is 10.2. The number of amides is 1. The van der Waals surface area contributed by atoms with Crippen molar-refractivity contribution in [2.24, 2.45) is 0 Å². The van der Waals surface area contributed by atoms with Gasteiger partial charge in [-0.1, -0.05) is 12.1 Å². The minimum atomic E-state index is -0.0687. The number of rotatable bonds is 8. The first-order chi connectivity index (χ1) is 15.7. The van der Waals surface area contributed by atoms with E-state index in [4.69, 9.17) is 9.47 Å². The molecule has 32 heavy (non-hydrogen) atoms. The molecule has 7 heteroatoms. The molecule has 1 amide bonds. The van der Waals surface area contributed by atoms with Gasteiger partial charge in [-0.3, -0.25) is 9.78 Å². The van der Waals surface area contributed by atoms with Crippen LogP contribution < -0.4 is 9.47 Å². The molecule has 0 aliphatic rings. The average Bonchev–Trinajstić information content (AvgIpc) is 3.39. The summed E-state index contributed by atoms with van der Waals surface area (Å²) in [5, 5.41) is 0. The maximum atomic E-state index is 13.5. The topological polar surface area (TPSA) is 69.5 Å². The van der Waals surface area contributed by atoms with E-state index < -0.39 is 0 Å². The zero-order valence-electron chi connectivity index (χ0n) is 18.0. The fourth-order valence-electron chi connectivity index (χ4n) is 3.48. The molecule has 2 aromatic carbocycles. The third-order valence-electron chi connectivity index (χ3n) is 5.12. The normalized spacial score (nSPS) is 10.6. The van der Waals surface area contributed by atoms with Crippen LogP contribution >= 0.6 is 0 Å². The molecule has 4 aromatic rings. The molecule has 0 atom stereocenters. The molecule has 0 unspecified atom stereocenters. The van der Waals surface area contributed by atoms with Gasteiger partial charge >= 0.3 is 0 Å². The Morgan fingerprint density at radius 1 is 0.906 bits per heavy atom. The van der Waals surface area contributed by atoms with Gasteiger partial charge in [0, 0.05) is 49.1 Å². The lowest BCUT2D eigenvalue weighted by Gasteiger charge is -2.24. The fourth-order valence-corrected chi connectivity index (χ4v) is 3.48. The number of benzene rings is 2. The Bertz CT molecular complexity index is 1160. The lowest BCUT2D eigenvalue weighted by molar-refractivity contribution is 0.0729. The van der Waals surface area contributed by atoms with Crippen LogP contribution in [0.25, 0.3) is 5.69 Å². The van der Waals surface area contributed by atoms with Gasteiger partial charge < -0.3 is 18.9 Å². The molecule has 0 N–H and O–H groups in total. The number of hydrogen-bond acceptors (Lipinski definition) is 5. The average molecular weight is 428 g/mol. The van der Waals surface area contributed by atoms with Crippen molar-refractivity contribution in [2.45, 2.75) is 13.1 Å². The number of carbonyl (C=O) groups excluding carboxylic acids is 1. The standard InChI is InChI=1S/C25H24N4O3/c1-31-23-10-5-19(14-24(23)32-2)16-29(17-20-4-3-11-26-15-20)25(30)21-6-8-22(9-7-21)28-13-12-27-18-28/h3-15,18H,16-17H2,1-2H3. The highest BCUT2D eigenvalue weighted by atomic mass is 16.5. The minimum Gasteiger partial charge on any atom is -0.493 e. The van der Waals surface area contributed by atoms with Crippen molar-refractivity contribution >= 4 is 5.91 Å². The quantitative estimate of drug-likeness (QED) is 0.422. The lowest BCUT2D eigenvalue weighted by Crippen LogP contribution is -2.30. The zero-order chi connectivity index (χ0) is 22.3. The molecule has 162 valence electrons. The second-order valence-electron chi connectivity index (χ2n) is 7.23. The number of nitrogens with zero attached hydrogens (tertiary/aromatic N) is 4. The van der Waals surface area contributed by atoms with E-state index in [-0.39, 0.29) is 5.91 Å². The predicted octanol–water partition coefficient (Wildman–Crippen LogP) is 4.13. The molecule has 2 heterocycles. The Morgan fingerprint density at radius 2 is 1.69 bits per heavy atom. The van der Waals surface area contributed by atoms with E-state index in [1.807, 2.05) is 65.4 Å². The summed E-state index contributed by atoms with van der Waals surface area (Å²) < 4.78 is 12.6. The summed E-state index contributed by atoms with van der Waals surface area (Å²) in [6.45, 7) is 0.849. The van der Waals surface area contributed by atoms with E-state index in [1.165, 1.54) is 0 Å². The van der Waals surface area contributed by atoms with Crippen molar-refractivity contribution in [3.05, 3.63) is 102 Å². The summed E-state index contributed by atoms with van der Waals surface area (Å²) >= 11 is 0. The van der Waals surface area contributed by atoms with Crippen molar-refractivity contribution in [1.82, 2.24) is 19.4 Å². The summed E-state index contributed by atoms with van der Waals surface area (Å²) in [6, 6.07) is 17.0. The SMILES string of the molecule is COc1ccc(CN(Cc2cccnc2)C(=O)c2ccc(-n3ccnc3)cc2)cc1OC. The molecule has 0 saturated carbocycles. The number of methoxy groups -OCH3 is 2. The number of pyridine rings is 1. The van der Waals surface area contributed by atoms with E-state index >= 15 is 0 Å². The first kappa shape index (κ1) is 21.1. The summed E-state index contributed by atoms with van der Waals surface area (Å²) in [6.07, 6.45) is 8.80. The maximum Gasteiger partial charge on any atom is 0.254 e. The number of ether oxygens (including phenoxy) is 2. The third kappa shape index (κ3) is 4.78. The van der Waals surface area contributed by atoms with Crippen molar-refractivity contribution in [1.29, 1.82) is 0 Å². The number of imidazole rings is 1. The molecule has 0 saturated heterocycles. The number of hydrogen-bond donors (Lipinski definition) is 0. The minimum absolute atomic E-state index is 0.0687. The van der Waals surface area contributed by atoms with E-state index in [9.17, 15) is 4.79 Å². The predicted molar refractivity (Wildman–Crippen MR) is 121 cm³/mol. The summed E-state index contributed by atoms with van der Waals surface area (Å²) in [4.78, 5) is 23.5. The molecule has 0 aliphatic carbocycles. The first-order valence-electron chi connectivity index (χ1n) is 10.2. The Balaban J connectivity index is 1.61. The monoisotopic (exact) mass is 428 g/mol. The molecule has 0 radical (unpaired) electrons. The van der Waals surface area contributed by atoms with Gasteiger partial charge in [0.25, 0.3) is 5.91 Å². The van der Waals surface area contributed by atoms with Gasteiger partial charge in [0.1, 0.15) is 0 Å². The van der Waals surface area contributed by atoms with Gasteiger partial charge in [0.05, 0.1) is 20.5 Å². The molecule has 4 rings (SSSR count). The Labute approximate surface area is 186 Å². The Morgan fingerprint density at radius 3 is 2.34 bits per heavy atom. The number of carbonyl (C=O) groups is 1. The molecule has 2 aromatic heterocycles. The van der Waals surface area contributed by atoms with Crippen LogP contribution in [0.4, 0.5) is 0 Å². The van der Waals surface area contributed by atoms with Crippen LogP contribution in [-0.4, -0.2) is 39.6 Å². The van der Waals surface area contributed by atoms with Crippen LogP contribution in [0.1, 0.15) is 21.5 Å². The number of aromatic nitrogens is 3. The van der Waals surface area contributed by atoms with Crippen LogP contribution in [0.3, 0.4) is 0 Å². The van der Waals surface area contributed by atoms with E-state index in [0.717, 1.165) is 16.8 Å². The summed E-state index contributed by atoms with van der Waals surface area (Å²) in [5.74, 6) is 1.21. The second kappa shape index (κ2) is 9.78. The maximum absolute atomic E-state index is 13.5. The molecule has 0 bridgehead atoms. The fraction of sp³-hybridized carbons (Fsp3) is 0.160. The van der Waals surface area contributed by atoms with E-state index in [1.54, 1.807) is 44.0 Å². The second-order valence-corrected chi connectivity index (χ2v) is 7.23. The van der Waals surface area contributed by atoms with Gasteiger partial charge in [-0.15, -0.1) is 0 Å². The van der Waals surface area contributed by atoms with Gasteiger partial charge in [-0.2, -0.15) is 0 Å². The van der Waals surface area contributed by atoms with Crippen molar-refractivity contribution in [3.8, 4) is 17.2 Å². The largest absolute Gasteiger partial charge is 0.493 e. The van der Waals surface area contributed by atoms with Gasteiger partial charge in [0.15, 0.2) is 11.5 Å². The molecular weight excluding hydrogens is 404 g/mol. The van der Waals surface area contributed by atoms with E-state index in [0.29, 0.717) is 30.2 Å². The smallest absolute Gasteiger partial charge is 0.254 e. The van der Waals surface area contributed by atoms with Gasteiger partial charge in [0.2, 0.25) is 0 Å². The Hall–Kier alpha value is -4.13. The van der Waals surface area contributed by atoms with E-state index in [2.05, 4.69) is 9.97 Å². The van der Waals surface area contributed by atoms with Crippen LogP contribution in [0.15, 0.2) is 85.7 Å². The summed E-state index contributed by atoms with van der Waals surface area (Å²) in [5.41, 5.74) is 3.45. The molecule has 0 spiro atoms. The Kier molecular flexibility index (Phi) is 6.46. The van der Waals surface area contributed by atoms with Gasteiger partial charge in [-0.25, -0.2) is 4.98 Å². The lowest BCUT2D eigenvalue weighted by atomic mass is 10.1. The zero-order valence-corrected chi connectivity index (χ0v) is 18.0. The van der Waals surface area contributed by atoms with Crippen LogP contribution in [-0.2, 0) is 13.1 Å². The highest BCUT2D eigenvalue weighted by Crippen LogP contribution is 2.28. The third-order valence-corrected chi connectivity index (χ3v) is 5.12. The molecule has 0 aliphatic heterocycles. The molecule has 0 fully saturated rings. The molecule has 7 nitrogen and oxygen atoms in total. The highest BCUT2D eigenvalue weighted by Gasteiger charge is 2.18. The van der Waals surface area contributed by atoms with Crippen LogP contribution in [0.2, 0.25) is 0 Å². The van der Waals surface area contributed by atoms with Crippen LogP contribution in [0, 0.1) is 0 Å². The molecular formula is C25H24N4O3. The van der Waals surface area contributed by atoms with Crippen molar-refractivity contribution in [2.75, 3.05) is 14.2 Å². The van der Waals surface area contributed by atoms with Crippen molar-refractivity contribution < 1.29 is 14.3 Å². The van der Waals surface area contributed by atoms with Crippen molar-refractivity contribution in [3.63, 3.8) is 0 Å². The van der Waals surface area contributed by atoms with Crippen LogP contribution in [0.5, 0.6) is 11.5 Å².